The van der Waals surface area contributed by atoms with E-state index in [1.54, 1.807) is 0 Å². The molecular formula is C9H13NO7S3. The minimum Gasteiger partial charge on any atom is -0.380 e. The first-order chi connectivity index (χ1) is 8.82. The molecular weight excluding hydrogens is 330 g/mol. The van der Waals surface area contributed by atoms with Crippen LogP contribution in [0.15, 0.2) is 24.3 Å². The van der Waals surface area contributed by atoms with Crippen LogP contribution in [0.5, 0.6) is 5.75 Å². The van der Waals surface area contributed by atoms with Crippen LogP contribution >= 0.6 is 0 Å². The Bertz CT molecular complexity index is 777. The summed E-state index contributed by atoms with van der Waals surface area (Å²) in [7, 11) is -12.3. The zero-order valence-electron chi connectivity index (χ0n) is 10.8. The van der Waals surface area contributed by atoms with Gasteiger partial charge in [-0.15, -0.1) is 0 Å². The summed E-state index contributed by atoms with van der Waals surface area (Å²) in [4.78, 5) is 0. The lowest BCUT2D eigenvalue weighted by molar-refractivity contribution is 0.493. The molecule has 1 aromatic rings. The predicted octanol–water partition coefficient (Wildman–Crippen LogP) is -0.249. The van der Waals surface area contributed by atoms with Crippen LogP contribution in [0.2, 0.25) is 0 Å². The first kappa shape index (κ1) is 16.7. The number of anilines is 1. The van der Waals surface area contributed by atoms with E-state index >= 15 is 0 Å². The van der Waals surface area contributed by atoms with E-state index in [1.807, 2.05) is 0 Å². The van der Waals surface area contributed by atoms with Crippen LogP contribution in [-0.2, 0) is 30.2 Å². The van der Waals surface area contributed by atoms with Gasteiger partial charge in [0.15, 0.2) is 5.75 Å². The lowest BCUT2D eigenvalue weighted by Gasteiger charge is -2.21. The molecule has 0 radical (unpaired) electrons. The summed E-state index contributed by atoms with van der Waals surface area (Å²) in [6, 6.07) is 5.02. The van der Waals surface area contributed by atoms with Crippen LogP contribution in [0.1, 0.15) is 0 Å². The monoisotopic (exact) mass is 343 g/mol. The van der Waals surface area contributed by atoms with Crippen molar-refractivity contribution in [2.24, 2.45) is 0 Å². The summed E-state index contributed by atoms with van der Waals surface area (Å²) >= 11 is 0. The summed E-state index contributed by atoms with van der Waals surface area (Å²) in [5.74, 6) is -0.397. The summed E-state index contributed by atoms with van der Waals surface area (Å²) in [5, 5.41) is 0. The highest BCUT2D eigenvalue weighted by atomic mass is 32.3. The van der Waals surface area contributed by atoms with Crippen molar-refractivity contribution in [3.63, 3.8) is 0 Å². The molecule has 1 aromatic carbocycles. The maximum Gasteiger partial charge on any atom is 0.306 e. The normalized spacial score (nSPS) is 12.9. The number of benzene rings is 1. The number of hydrogen-bond donors (Lipinski definition) is 0. The van der Waals surface area contributed by atoms with Crippen LogP contribution < -0.4 is 7.89 Å². The quantitative estimate of drug-likeness (QED) is 0.677. The summed E-state index contributed by atoms with van der Waals surface area (Å²) in [5.41, 5.74) is -0.400. The Morgan fingerprint density at radius 3 is 1.70 bits per heavy atom. The van der Waals surface area contributed by atoms with Gasteiger partial charge in [0.1, 0.15) is 5.69 Å². The molecule has 20 heavy (non-hydrogen) atoms. The second-order valence-electron chi connectivity index (χ2n) is 3.98. The molecule has 0 heterocycles. The molecule has 0 saturated carbocycles. The fourth-order valence-electron chi connectivity index (χ4n) is 1.44. The van der Waals surface area contributed by atoms with Gasteiger partial charge in [0.2, 0.25) is 20.0 Å². The molecule has 0 N–H and O–H groups in total. The van der Waals surface area contributed by atoms with Crippen LogP contribution in [0.4, 0.5) is 5.69 Å². The van der Waals surface area contributed by atoms with Crippen molar-refractivity contribution in [1.29, 1.82) is 0 Å². The molecule has 114 valence electrons. The number of rotatable bonds is 5. The molecule has 0 amide bonds. The smallest absolute Gasteiger partial charge is 0.306 e. The lowest BCUT2D eigenvalue weighted by atomic mass is 10.3. The molecule has 0 spiro atoms. The highest BCUT2D eigenvalue weighted by Crippen LogP contribution is 2.32. The SMILES string of the molecule is CS(=O)(=O)Oc1ccccc1N(S(C)(=O)=O)S(C)(=O)=O. The van der Waals surface area contributed by atoms with Gasteiger partial charge >= 0.3 is 10.1 Å². The van der Waals surface area contributed by atoms with Gasteiger partial charge in [0, 0.05) is 0 Å². The van der Waals surface area contributed by atoms with E-state index < -0.39 is 41.6 Å². The molecule has 0 fully saturated rings. The van der Waals surface area contributed by atoms with Crippen molar-refractivity contribution in [3.8, 4) is 5.75 Å². The Balaban J connectivity index is 3.60. The second-order valence-corrected chi connectivity index (χ2v) is 9.45. The lowest BCUT2D eigenvalue weighted by Crippen LogP contribution is -2.35. The fraction of sp³-hybridized carbons (Fsp3) is 0.333. The average molecular weight is 343 g/mol. The Kier molecular flexibility index (Phi) is 4.36. The third kappa shape index (κ3) is 4.35. The highest BCUT2D eigenvalue weighted by molar-refractivity contribution is 8.09. The van der Waals surface area contributed by atoms with Gasteiger partial charge in [-0.05, 0) is 12.1 Å². The first-order valence-corrected chi connectivity index (χ1v) is 10.5. The molecule has 11 heteroatoms. The number of hydrogen-bond acceptors (Lipinski definition) is 7. The van der Waals surface area contributed by atoms with Gasteiger partial charge in [-0.3, -0.25) is 0 Å². The highest BCUT2D eigenvalue weighted by Gasteiger charge is 2.30. The molecule has 0 atom stereocenters. The molecule has 8 nitrogen and oxygen atoms in total. The van der Waals surface area contributed by atoms with Crippen LogP contribution in [0.25, 0.3) is 0 Å². The van der Waals surface area contributed by atoms with Crippen molar-refractivity contribution >= 4 is 35.9 Å². The van der Waals surface area contributed by atoms with Crippen molar-refractivity contribution < 1.29 is 29.4 Å². The summed E-state index contributed by atoms with van der Waals surface area (Å²) in [6.45, 7) is 0. The molecule has 1 rings (SSSR count). The van der Waals surface area contributed by atoms with E-state index in [4.69, 9.17) is 0 Å². The number of sulfonamides is 2. The molecule has 0 unspecified atom stereocenters. The zero-order chi connectivity index (χ0) is 15.8. The van der Waals surface area contributed by atoms with Gasteiger partial charge in [-0.2, -0.15) is 12.1 Å². The van der Waals surface area contributed by atoms with Crippen LogP contribution in [0.3, 0.4) is 0 Å². The van der Waals surface area contributed by atoms with E-state index in [2.05, 4.69) is 4.18 Å². The van der Waals surface area contributed by atoms with Crippen molar-refractivity contribution in [2.75, 3.05) is 22.5 Å². The maximum atomic E-state index is 11.6. The molecule has 0 aromatic heterocycles. The van der Waals surface area contributed by atoms with Gasteiger partial charge in [0.25, 0.3) is 0 Å². The zero-order valence-corrected chi connectivity index (χ0v) is 13.3. The molecule has 0 aliphatic rings. The third-order valence-electron chi connectivity index (χ3n) is 1.91. The topological polar surface area (TPSA) is 115 Å². The van der Waals surface area contributed by atoms with E-state index in [-0.39, 0.29) is 3.71 Å². The molecule has 0 saturated heterocycles. The third-order valence-corrected chi connectivity index (χ3v) is 5.61. The van der Waals surface area contributed by atoms with Crippen molar-refractivity contribution in [2.45, 2.75) is 0 Å². The second kappa shape index (κ2) is 5.22. The van der Waals surface area contributed by atoms with E-state index in [9.17, 15) is 25.3 Å². The number of para-hydroxylation sites is 2. The van der Waals surface area contributed by atoms with E-state index in [1.165, 1.54) is 12.1 Å². The average Bonchev–Trinajstić information content (AvgIpc) is 2.14. The van der Waals surface area contributed by atoms with Gasteiger partial charge in [-0.1, -0.05) is 12.1 Å². The Morgan fingerprint density at radius 2 is 1.30 bits per heavy atom. The Hall–Kier alpha value is -1.33. The van der Waals surface area contributed by atoms with Crippen molar-refractivity contribution in [1.82, 2.24) is 0 Å². The van der Waals surface area contributed by atoms with Crippen molar-refractivity contribution in [3.05, 3.63) is 24.3 Å². The Morgan fingerprint density at radius 1 is 0.850 bits per heavy atom. The molecule has 0 aliphatic heterocycles. The standard InChI is InChI=1S/C9H13NO7S3/c1-18(11,12)10(19(2,13)14)8-6-4-5-7-9(8)17-20(3,15)16/h4-7H,1-3H3. The van der Waals surface area contributed by atoms with Gasteiger partial charge < -0.3 is 4.18 Å². The fourth-order valence-corrected chi connectivity index (χ4v) is 4.90. The van der Waals surface area contributed by atoms with E-state index in [0.717, 1.165) is 18.4 Å². The van der Waals surface area contributed by atoms with Gasteiger partial charge in [0.05, 0.1) is 18.8 Å². The Labute approximate surface area is 118 Å². The maximum absolute atomic E-state index is 11.6. The van der Waals surface area contributed by atoms with E-state index in [0.29, 0.717) is 12.5 Å². The first-order valence-electron chi connectivity index (χ1n) is 5.01. The van der Waals surface area contributed by atoms with Crippen LogP contribution in [-0.4, -0.2) is 44.0 Å². The number of nitrogens with zero attached hydrogens (tertiary/aromatic N) is 1. The summed E-state index contributed by atoms with van der Waals surface area (Å²) < 4.78 is 73.5. The minimum atomic E-state index is -4.18. The minimum absolute atomic E-state index is 0.112. The largest absolute Gasteiger partial charge is 0.380 e. The summed E-state index contributed by atoms with van der Waals surface area (Å²) in [6.07, 6.45) is 2.13. The molecule has 0 aliphatic carbocycles. The van der Waals surface area contributed by atoms with Crippen LogP contribution in [0, 0.1) is 0 Å². The molecule has 0 bridgehead atoms. The van der Waals surface area contributed by atoms with Gasteiger partial charge in [-0.25, -0.2) is 16.8 Å². The predicted molar refractivity (Wildman–Crippen MR) is 74.1 cm³/mol.